The summed E-state index contributed by atoms with van der Waals surface area (Å²) in [6, 6.07) is 23.1. The van der Waals surface area contributed by atoms with Crippen molar-refractivity contribution in [2.24, 2.45) is 4.99 Å². The van der Waals surface area contributed by atoms with E-state index >= 15 is 0 Å². The molecule has 1 aromatic heterocycles. The van der Waals surface area contributed by atoms with Gasteiger partial charge in [0.1, 0.15) is 5.75 Å². The number of hydrogen-bond acceptors (Lipinski definition) is 6. The summed E-state index contributed by atoms with van der Waals surface area (Å²) in [4.78, 5) is 31.4. The highest BCUT2D eigenvalue weighted by Gasteiger charge is 2.32. The van der Waals surface area contributed by atoms with Crippen LogP contribution in [0.2, 0.25) is 0 Å². The summed E-state index contributed by atoms with van der Waals surface area (Å²) < 4.78 is 12.7. The molecule has 0 radical (unpaired) electrons. The lowest BCUT2D eigenvalue weighted by molar-refractivity contribution is 0.0600. The van der Waals surface area contributed by atoms with Crippen LogP contribution in [0.25, 0.3) is 11.8 Å². The molecule has 7 heteroatoms. The number of carbonyl (C=O) groups is 1. The molecule has 1 aliphatic carbocycles. The van der Waals surface area contributed by atoms with E-state index < -0.39 is 5.97 Å². The van der Waals surface area contributed by atoms with Crippen LogP contribution in [0.5, 0.6) is 5.75 Å². The van der Waals surface area contributed by atoms with Crippen LogP contribution in [-0.2, 0) is 11.2 Å². The molecule has 2 aliphatic rings. The maximum Gasteiger partial charge on any atom is 0.337 e. The zero-order valence-electron chi connectivity index (χ0n) is 20.4. The molecule has 0 saturated heterocycles. The normalized spacial score (nSPS) is 16.4. The molecule has 3 aromatic carbocycles. The monoisotopic (exact) mass is 508 g/mol. The van der Waals surface area contributed by atoms with Gasteiger partial charge in [0.2, 0.25) is 0 Å². The number of methoxy groups -OCH3 is 2. The Balaban J connectivity index is 1.55. The first-order chi connectivity index (χ1) is 18.1. The maximum atomic E-state index is 13.9. The molecule has 4 aromatic rings. The number of rotatable bonds is 4. The molecule has 1 atom stereocenters. The third-order valence-electron chi connectivity index (χ3n) is 6.91. The lowest BCUT2D eigenvalue weighted by Gasteiger charge is -2.31. The smallest absolute Gasteiger partial charge is 0.337 e. The fraction of sp³-hybridized carbons (Fsp3) is 0.167. The topological polar surface area (TPSA) is 69.9 Å². The van der Waals surface area contributed by atoms with Crippen LogP contribution in [-0.4, -0.2) is 24.8 Å². The molecule has 0 saturated carbocycles. The lowest BCUT2D eigenvalue weighted by atomic mass is 9.83. The van der Waals surface area contributed by atoms with Crippen LogP contribution in [0.15, 0.2) is 88.2 Å². The minimum absolute atomic E-state index is 0.0842. The Kier molecular flexibility index (Phi) is 5.85. The van der Waals surface area contributed by atoms with Gasteiger partial charge in [0, 0.05) is 5.56 Å². The summed E-state index contributed by atoms with van der Waals surface area (Å²) in [6.45, 7) is 0. The largest absolute Gasteiger partial charge is 0.497 e. The van der Waals surface area contributed by atoms with Crippen molar-refractivity contribution in [1.29, 1.82) is 0 Å². The second-order valence-corrected chi connectivity index (χ2v) is 10.0. The Labute approximate surface area is 217 Å². The van der Waals surface area contributed by atoms with E-state index in [1.165, 1.54) is 24.0 Å². The Bertz CT molecular complexity index is 1750. The predicted octanol–water partition coefficient (Wildman–Crippen LogP) is 4.11. The summed E-state index contributed by atoms with van der Waals surface area (Å²) >= 11 is 1.38. The number of esters is 1. The van der Waals surface area contributed by atoms with E-state index in [0.717, 1.165) is 46.6 Å². The van der Waals surface area contributed by atoms with Gasteiger partial charge in [-0.15, -0.1) is 0 Å². The Morgan fingerprint density at radius 1 is 1.03 bits per heavy atom. The van der Waals surface area contributed by atoms with Gasteiger partial charge < -0.3 is 9.47 Å². The summed E-state index contributed by atoms with van der Waals surface area (Å²) in [5.41, 5.74) is 6.72. The Hall–Kier alpha value is -4.23. The minimum Gasteiger partial charge on any atom is -0.497 e. The van der Waals surface area contributed by atoms with Gasteiger partial charge in [-0.05, 0) is 65.4 Å². The number of thiazole rings is 1. The molecule has 37 heavy (non-hydrogen) atoms. The zero-order chi connectivity index (χ0) is 25.5. The van der Waals surface area contributed by atoms with Crippen LogP contribution >= 0.6 is 11.3 Å². The Morgan fingerprint density at radius 2 is 1.84 bits per heavy atom. The number of aromatic nitrogens is 1. The van der Waals surface area contributed by atoms with E-state index in [1.54, 1.807) is 19.2 Å². The van der Waals surface area contributed by atoms with Gasteiger partial charge in [0.25, 0.3) is 5.56 Å². The molecule has 0 amide bonds. The van der Waals surface area contributed by atoms with Gasteiger partial charge in [-0.3, -0.25) is 9.36 Å². The molecule has 0 spiro atoms. The lowest BCUT2D eigenvalue weighted by Crippen LogP contribution is -2.38. The molecule has 6 nitrogen and oxygen atoms in total. The van der Waals surface area contributed by atoms with Crippen LogP contribution < -0.4 is 19.6 Å². The second kappa shape index (κ2) is 9.33. The van der Waals surface area contributed by atoms with E-state index in [0.29, 0.717) is 14.9 Å². The highest BCUT2D eigenvalue weighted by molar-refractivity contribution is 7.07. The van der Waals surface area contributed by atoms with E-state index in [1.807, 2.05) is 53.1 Å². The molecule has 184 valence electrons. The number of fused-ring (bicyclic) bond motifs is 3. The van der Waals surface area contributed by atoms with Crippen molar-refractivity contribution in [3.63, 3.8) is 0 Å². The zero-order valence-corrected chi connectivity index (χ0v) is 21.2. The second-order valence-electron chi connectivity index (χ2n) is 9.00. The molecule has 0 fully saturated rings. The standard InChI is InChI=1S/C30H24N2O4S/c1-35-22-8-5-7-21(17-22)27-24-15-14-19-6-3-4-9-23(19)26(24)31-30-32(27)28(33)25(37-30)16-18-10-12-20(13-11-18)29(34)36-2/h3-13,16-17,27H,14-15H2,1-2H3. The highest BCUT2D eigenvalue weighted by Crippen LogP contribution is 2.41. The van der Waals surface area contributed by atoms with Crippen molar-refractivity contribution >= 4 is 29.1 Å². The maximum absolute atomic E-state index is 13.9. The van der Waals surface area contributed by atoms with Crippen LogP contribution in [0.4, 0.5) is 0 Å². The summed E-state index contributed by atoms with van der Waals surface area (Å²) in [7, 11) is 3.01. The number of benzene rings is 3. The number of carbonyl (C=O) groups excluding carboxylic acids is 1. The van der Waals surface area contributed by atoms with Crippen LogP contribution in [0.1, 0.15) is 45.1 Å². The predicted molar refractivity (Wildman–Crippen MR) is 144 cm³/mol. The summed E-state index contributed by atoms with van der Waals surface area (Å²) in [6.07, 6.45) is 3.59. The number of allylic oxidation sites excluding steroid dienone is 1. The third kappa shape index (κ3) is 4.01. The summed E-state index contributed by atoms with van der Waals surface area (Å²) in [5.74, 6) is 0.357. The van der Waals surface area contributed by atoms with Crippen molar-refractivity contribution in [2.45, 2.75) is 18.9 Å². The van der Waals surface area contributed by atoms with Crippen molar-refractivity contribution in [3.05, 3.63) is 126 Å². The average molecular weight is 509 g/mol. The molecule has 2 heterocycles. The van der Waals surface area contributed by atoms with E-state index in [-0.39, 0.29) is 11.6 Å². The quantitative estimate of drug-likeness (QED) is 0.389. The van der Waals surface area contributed by atoms with Gasteiger partial charge >= 0.3 is 5.97 Å². The number of nitrogens with zero attached hydrogens (tertiary/aromatic N) is 2. The summed E-state index contributed by atoms with van der Waals surface area (Å²) in [5, 5.41) is 0. The average Bonchev–Trinajstić information content (AvgIpc) is 3.25. The minimum atomic E-state index is -0.393. The molecule has 1 aliphatic heterocycles. The van der Waals surface area contributed by atoms with Gasteiger partial charge in [-0.1, -0.05) is 59.9 Å². The Morgan fingerprint density at radius 3 is 2.62 bits per heavy atom. The number of aryl methyl sites for hydroxylation is 1. The molecule has 0 bridgehead atoms. The number of hydrogen-bond donors (Lipinski definition) is 0. The molecule has 6 rings (SSSR count). The number of ether oxygens (including phenoxy) is 2. The van der Waals surface area contributed by atoms with Crippen LogP contribution in [0.3, 0.4) is 0 Å². The molecule has 0 N–H and O–H groups in total. The van der Waals surface area contributed by atoms with E-state index in [9.17, 15) is 9.59 Å². The first-order valence-corrected chi connectivity index (χ1v) is 12.8. The van der Waals surface area contributed by atoms with Gasteiger partial charge in [0.05, 0.1) is 36.1 Å². The van der Waals surface area contributed by atoms with Crippen molar-refractivity contribution in [1.82, 2.24) is 4.57 Å². The molecule has 1 unspecified atom stereocenters. The SMILES string of the molecule is COC(=O)c1ccc(C=c2sc3n(c2=O)C(c2cccc(OC)c2)C2=C(N=3)c3ccccc3CC2)cc1. The van der Waals surface area contributed by atoms with E-state index in [4.69, 9.17) is 14.5 Å². The van der Waals surface area contributed by atoms with Crippen molar-refractivity contribution in [3.8, 4) is 5.75 Å². The van der Waals surface area contributed by atoms with Gasteiger partial charge in [0.15, 0.2) is 4.80 Å². The first-order valence-electron chi connectivity index (χ1n) is 12.0. The fourth-order valence-electron chi connectivity index (χ4n) is 5.12. The van der Waals surface area contributed by atoms with E-state index in [2.05, 4.69) is 18.2 Å². The van der Waals surface area contributed by atoms with Crippen molar-refractivity contribution in [2.75, 3.05) is 14.2 Å². The fourth-order valence-corrected chi connectivity index (χ4v) is 6.12. The van der Waals surface area contributed by atoms with Crippen LogP contribution in [0, 0.1) is 0 Å². The first kappa shape index (κ1) is 23.2. The highest BCUT2D eigenvalue weighted by atomic mass is 32.1. The third-order valence-corrected chi connectivity index (χ3v) is 7.89. The van der Waals surface area contributed by atoms with Gasteiger partial charge in [-0.25, -0.2) is 9.79 Å². The molecular formula is C30H24N2O4S. The van der Waals surface area contributed by atoms with Crippen molar-refractivity contribution < 1.29 is 14.3 Å². The molecular weight excluding hydrogens is 484 g/mol. The van der Waals surface area contributed by atoms with Gasteiger partial charge in [-0.2, -0.15) is 0 Å².